The largest absolute Gasteiger partial charge is 0.495 e. The van der Waals surface area contributed by atoms with E-state index in [0.29, 0.717) is 23.0 Å². The molecule has 2 aliphatic rings. The summed E-state index contributed by atoms with van der Waals surface area (Å²) in [5.74, 6) is 0.202. The molecular formula is C17H23Cl2N3O3. The van der Waals surface area contributed by atoms with E-state index in [1.54, 1.807) is 35.1 Å². The van der Waals surface area contributed by atoms with E-state index in [-0.39, 0.29) is 42.6 Å². The molecule has 2 amide bonds. The molecule has 1 aromatic carbocycles. The number of carbonyl (C=O) groups is 2. The SMILES string of the molecule is COc1ccc(Cl)cc1N1CC(C(=O)N(C)C2CCNC2)CC1=O.Cl. The van der Waals surface area contributed by atoms with Crippen LogP contribution in [0.1, 0.15) is 12.8 Å². The summed E-state index contributed by atoms with van der Waals surface area (Å²) in [5, 5.41) is 3.79. The van der Waals surface area contributed by atoms with Crippen molar-refractivity contribution >= 4 is 41.5 Å². The number of nitrogens with zero attached hydrogens (tertiary/aromatic N) is 2. The fourth-order valence-corrected chi connectivity index (χ4v) is 3.58. The standard InChI is InChI=1S/C17H22ClN3O3.ClH/c1-20(13-5-6-19-9-13)17(23)11-7-16(22)21(10-11)14-8-12(18)3-4-15(14)24-2;/h3-4,8,11,13,19H,5-7,9-10H2,1-2H3;1H. The van der Waals surface area contributed by atoms with Crippen LogP contribution in [0.25, 0.3) is 0 Å². The second kappa shape index (κ2) is 8.25. The number of likely N-dealkylation sites (N-methyl/N-ethyl adjacent to an activating group) is 1. The minimum Gasteiger partial charge on any atom is -0.495 e. The normalized spacial score (nSPS) is 22.7. The molecule has 1 N–H and O–H groups in total. The van der Waals surface area contributed by atoms with Crippen molar-refractivity contribution in [3.05, 3.63) is 23.2 Å². The third-order valence-electron chi connectivity index (χ3n) is 4.84. The van der Waals surface area contributed by atoms with Gasteiger partial charge in [0.1, 0.15) is 5.75 Å². The van der Waals surface area contributed by atoms with Crippen molar-refractivity contribution in [2.45, 2.75) is 18.9 Å². The fraction of sp³-hybridized carbons (Fsp3) is 0.529. The van der Waals surface area contributed by atoms with Crippen LogP contribution in [-0.4, -0.2) is 56.5 Å². The Morgan fingerprint density at radius 3 is 2.84 bits per heavy atom. The van der Waals surface area contributed by atoms with Crippen molar-refractivity contribution in [1.82, 2.24) is 10.2 Å². The highest BCUT2D eigenvalue weighted by molar-refractivity contribution is 6.31. The summed E-state index contributed by atoms with van der Waals surface area (Å²) in [5.41, 5.74) is 0.621. The summed E-state index contributed by atoms with van der Waals surface area (Å²) in [6.45, 7) is 2.10. The maximum Gasteiger partial charge on any atom is 0.228 e. The Kier molecular flexibility index (Phi) is 6.54. The van der Waals surface area contributed by atoms with Crippen molar-refractivity contribution < 1.29 is 14.3 Å². The molecule has 6 nitrogen and oxygen atoms in total. The van der Waals surface area contributed by atoms with Crippen LogP contribution in [0.15, 0.2) is 18.2 Å². The lowest BCUT2D eigenvalue weighted by Gasteiger charge is -2.26. The van der Waals surface area contributed by atoms with Crippen molar-refractivity contribution in [3.8, 4) is 5.75 Å². The second-order valence-electron chi connectivity index (χ2n) is 6.32. The molecule has 25 heavy (non-hydrogen) atoms. The lowest BCUT2D eigenvalue weighted by atomic mass is 10.1. The number of rotatable bonds is 4. The number of methoxy groups -OCH3 is 1. The first-order chi connectivity index (χ1) is 11.5. The molecule has 0 radical (unpaired) electrons. The van der Waals surface area contributed by atoms with Crippen LogP contribution in [0.5, 0.6) is 5.75 Å². The monoisotopic (exact) mass is 387 g/mol. The first kappa shape index (κ1) is 19.8. The van der Waals surface area contributed by atoms with Crippen molar-refractivity contribution in [2.75, 3.05) is 38.7 Å². The summed E-state index contributed by atoms with van der Waals surface area (Å²) < 4.78 is 5.33. The highest BCUT2D eigenvalue weighted by Crippen LogP contribution is 2.35. The molecule has 2 saturated heterocycles. The maximum absolute atomic E-state index is 12.7. The molecule has 0 spiro atoms. The van der Waals surface area contributed by atoms with Gasteiger partial charge in [-0.05, 0) is 31.2 Å². The number of nitrogens with one attached hydrogen (secondary N) is 1. The van der Waals surface area contributed by atoms with Gasteiger partial charge in [0.25, 0.3) is 0 Å². The van der Waals surface area contributed by atoms with E-state index in [1.165, 1.54) is 0 Å². The van der Waals surface area contributed by atoms with Gasteiger partial charge >= 0.3 is 0 Å². The van der Waals surface area contributed by atoms with Gasteiger partial charge in [0, 0.05) is 37.6 Å². The molecule has 2 unspecified atom stereocenters. The van der Waals surface area contributed by atoms with E-state index in [1.807, 2.05) is 7.05 Å². The average Bonchev–Trinajstić information content (AvgIpc) is 3.23. The number of carbonyl (C=O) groups excluding carboxylic acids is 2. The summed E-state index contributed by atoms with van der Waals surface area (Å²) in [6, 6.07) is 5.36. The van der Waals surface area contributed by atoms with Crippen molar-refractivity contribution in [3.63, 3.8) is 0 Å². The first-order valence-electron chi connectivity index (χ1n) is 8.12. The molecule has 138 valence electrons. The van der Waals surface area contributed by atoms with Crippen LogP contribution < -0.4 is 15.0 Å². The predicted octanol–water partition coefficient (Wildman–Crippen LogP) is 1.94. The van der Waals surface area contributed by atoms with Crippen LogP contribution in [0.4, 0.5) is 5.69 Å². The number of hydrogen-bond acceptors (Lipinski definition) is 4. The number of amides is 2. The van der Waals surface area contributed by atoms with E-state index >= 15 is 0 Å². The third-order valence-corrected chi connectivity index (χ3v) is 5.07. The molecule has 3 rings (SSSR count). The number of halogens is 2. The zero-order valence-corrected chi connectivity index (χ0v) is 15.9. The van der Waals surface area contributed by atoms with E-state index in [0.717, 1.165) is 19.5 Å². The lowest BCUT2D eigenvalue weighted by molar-refractivity contribution is -0.136. The molecule has 8 heteroatoms. The molecule has 0 aromatic heterocycles. The third kappa shape index (κ3) is 4.02. The molecule has 1 aromatic rings. The van der Waals surface area contributed by atoms with Gasteiger partial charge in [0.2, 0.25) is 11.8 Å². The highest BCUT2D eigenvalue weighted by atomic mass is 35.5. The Morgan fingerprint density at radius 2 is 2.20 bits per heavy atom. The van der Waals surface area contributed by atoms with Crippen LogP contribution in [0.3, 0.4) is 0 Å². The second-order valence-corrected chi connectivity index (χ2v) is 6.75. The Bertz CT molecular complexity index is 650. The number of benzene rings is 1. The molecule has 2 atom stereocenters. The molecular weight excluding hydrogens is 365 g/mol. The summed E-state index contributed by atoms with van der Waals surface area (Å²) in [4.78, 5) is 28.6. The summed E-state index contributed by atoms with van der Waals surface area (Å²) in [6.07, 6.45) is 1.17. The van der Waals surface area contributed by atoms with E-state index in [9.17, 15) is 9.59 Å². The zero-order chi connectivity index (χ0) is 17.3. The van der Waals surface area contributed by atoms with Gasteiger partial charge in [0.05, 0.1) is 18.7 Å². The van der Waals surface area contributed by atoms with Gasteiger partial charge in [-0.15, -0.1) is 12.4 Å². The Morgan fingerprint density at radius 1 is 1.44 bits per heavy atom. The predicted molar refractivity (Wildman–Crippen MR) is 99.8 cm³/mol. The molecule has 0 bridgehead atoms. The maximum atomic E-state index is 12.7. The Labute approximate surface area is 158 Å². The van der Waals surface area contributed by atoms with Gasteiger partial charge in [-0.3, -0.25) is 9.59 Å². The minimum absolute atomic E-state index is 0. The summed E-state index contributed by atoms with van der Waals surface area (Å²) in [7, 11) is 3.38. The number of anilines is 1. The van der Waals surface area contributed by atoms with E-state index in [2.05, 4.69) is 5.32 Å². The van der Waals surface area contributed by atoms with Crippen LogP contribution in [0, 0.1) is 5.92 Å². The topological polar surface area (TPSA) is 61.9 Å². The Hall–Kier alpha value is -1.50. The van der Waals surface area contributed by atoms with Crippen LogP contribution in [0.2, 0.25) is 5.02 Å². The summed E-state index contributed by atoms with van der Waals surface area (Å²) >= 11 is 6.06. The van der Waals surface area contributed by atoms with Crippen LogP contribution in [-0.2, 0) is 9.59 Å². The van der Waals surface area contributed by atoms with E-state index < -0.39 is 0 Å². The molecule has 0 saturated carbocycles. The van der Waals surface area contributed by atoms with Crippen LogP contribution >= 0.6 is 24.0 Å². The van der Waals surface area contributed by atoms with Gasteiger partial charge in [-0.1, -0.05) is 11.6 Å². The fourth-order valence-electron chi connectivity index (χ4n) is 3.42. The minimum atomic E-state index is -0.327. The van der Waals surface area contributed by atoms with Gasteiger partial charge in [-0.2, -0.15) is 0 Å². The van der Waals surface area contributed by atoms with Gasteiger partial charge < -0.3 is 19.9 Å². The molecule has 0 aliphatic carbocycles. The molecule has 2 fully saturated rings. The van der Waals surface area contributed by atoms with Crippen molar-refractivity contribution in [2.24, 2.45) is 5.92 Å². The quantitative estimate of drug-likeness (QED) is 0.857. The van der Waals surface area contributed by atoms with Crippen molar-refractivity contribution in [1.29, 1.82) is 0 Å². The smallest absolute Gasteiger partial charge is 0.228 e. The number of hydrogen-bond donors (Lipinski definition) is 1. The van der Waals surface area contributed by atoms with Gasteiger partial charge in [-0.25, -0.2) is 0 Å². The number of ether oxygens (including phenoxy) is 1. The first-order valence-corrected chi connectivity index (χ1v) is 8.50. The van der Waals surface area contributed by atoms with E-state index in [4.69, 9.17) is 16.3 Å². The molecule has 2 aliphatic heterocycles. The van der Waals surface area contributed by atoms with Gasteiger partial charge in [0.15, 0.2) is 0 Å². The zero-order valence-electron chi connectivity index (χ0n) is 14.3. The average molecular weight is 388 g/mol. The molecule has 2 heterocycles. The highest BCUT2D eigenvalue weighted by Gasteiger charge is 2.39. The lowest BCUT2D eigenvalue weighted by Crippen LogP contribution is -2.42. The Balaban J connectivity index is 0.00000225.